The molecule has 18 heavy (non-hydrogen) atoms. The predicted octanol–water partition coefficient (Wildman–Crippen LogP) is 1.51. The molecule has 0 bridgehead atoms. The molecule has 0 spiro atoms. The van der Waals surface area contributed by atoms with Crippen LogP contribution >= 0.6 is 0 Å². The van der Waals surface area contributed by atoms with E-state index in [1.54, 1.807) is 6.07 Å². The summed E-state index contributed by atoms with van der Waals surface area (Å²) in [6, 6.07) is 2.81. The van der Waals surface area contributed by atoms with E-state index in [0.717, 1.165) is 6.07 Å². The van der Waals surface area contributed by atoms with Gasteiger partial charge in [-0.1, -0.05) is 0 Å². The van der Waals surface area contributed by atoms with E-state index in [1.807, 2.05) is 0 Å². The number of hydrogen-bond acceptors (Lipinski definition) is 5. The van der Waals surface area contributed by atoms with Crippen LogP contribution in [0.5, 0.6) is 11.5 Å². The van der Waals surface area contributed by atoms with Crippen LogP contribution in [0.3, 0.4) is 0 Å². The average molecular weight is 261 g/mol. The summed E-state index contributed by atoms with van der Waals surface area (Å²) in [6.45, 7) is -0.0728. The van der Waals surface area contributed by atoms with Gasteiger partial charge in [-0.15, -0.1) is 13.2 Å². The van der Waals surface area contributed by atoms with Crippen LogP contribution in [-0.2, 0) is 13.0 Å². The van der Waals surface area contributed by atoms with Crippen molar-refractivity contribution in [1.29, 1.82) is 5.26 Å². The molecule has 1 aromatic heterocycles. The summed E-state index contributed by atoms with van der Waals surface area (Å²) in [6.07, 6.45) is -5.06. The first-order chi connectivity index (χ1) is 8.41. The number of pyridine rings is 1. The van der Waals surface area contributed by atoms with E-state index in [-0.39, 0.29) is 30.1 Å². The molecule has 0 fully saturated rings. The zero-order valence-corrected chi connectivity index (χ0v) is 9.41. The first kappa shape index (κ1) is 14.1. The van der Waals surface area contributed by atoms with Gasteiger partial charge in [-0.2, -0.15) is 5.26 Å². The lowest BCUT2D eigenvalue weighted by molar-refractivity contribution is -0.275. The largest absolute Gasteiger partial charge is 0.573 e. The van der Waals surface area contributed by atoms with Crippen LogP contribution in [0.25, 0.3) is 0 Å². The summed E-state index contributed by atoms with van der Waals surface area (Å²) < 4.78 is 45.3. The van der Waals surface area contributed by atoms with Crippen LogP contribution in [0.1, 0.15) is 11.4 Å². The molecule has 98 valence electrons. The summed E-state index contributed by atoms with van der Waals surface area (Å²) in [4.78, 5) is 3.92. The van der Waals surface area contributed by atoms with E-state index in [4.69, 9.17) is 15.7 Å². The summed E-state index contributed by atoms with van der Waals surface area (Å²) in [5, 5.41) is 8.59. The highest BCUT2D eigenvalue weighted by Gasteiger charge is 2.33. The van der Waals surface area contributed by atoms with Crippen LogP contribution in [0, 0.1) is 11.3 Å². The van der Waals surface area contributed by atoms with Gasteiger partial charge in [-0.05, 0) is 0 Å². The SMILES string of the molecule is COc1c(OC(F)(F)F)cc(CN)nc1CC#N. The second-order valence-electron chi connectivity index (χ2n) is 3.18. The van der Waals surface area contributed by atoms with E-state index >= 15 is 0 Å². The molecule has 0 unspecified atom stereocenters. The molecule has 0 saturated heterocycles. The van der Waals surface area contributed by atoms with Gasteiger partial charge in [0.05, 0.1) is 25.3 Å². The Balaban J connectivity index is 3.29. The molecule has 0 aliphatic heterocycles. The predicted molar refractivity (Wildman–Crippen MR) is 54.7 cm³/mol. The lowest BCUT2D eigenvalue weighted by atomic mass is 10.2. The van der Waals surface area contributed by atoms with Gasteiger partial charge >= 0.3 is 6.36 Å². The topological polar surface area (TPSA) is 81.2 Å². The molecule has 0 aliphatic carbocycles. The number of alkyl halides is 3. The van der Waals surface area contributed by atoms with Crippen molar-refractivity contribution in [1.82, 2.24) is 4.98 Å². The van der Waals surface area contributed by atoms with Crippen LogP contribution < -0.4 is 15.2 Å². The molecule has 1 aromatic rings. The van der Waals surface area contributed by atoms with Crippen molar-refractivity contribution in [2.75, 3.05) is 7.11 Å². The van der Waals surface area contributed by atoms with E-state index in [9.17, 15) is 13.2 Å². The molecule has 2 N–H and O–H groups in total. The molecule has 1 heterocycles. The number of nitrogens with zero attached hydrogens (tertiary/aromatic N) is 2. The van der Waals surface area contributed by atoms with E-state index in [0.29, 0.717) is 0 Å². The standard InChI is InChI=1S/C10H10F3N3O2/c1-17-9-7(2-3-14)16-6(5-15)4-8(9)18-10(11,12)13/h4H,2,5,15H2,1H3. The van der Waals surface area contributed by atoms with Crippen molar-refractivity contribution in [2.24, 2.45) is 5.73 Å². The Morgan fingerprint density at radius 2 is 2.17 bits per heavy atom. The summed E-state index contributed by atoms with van der Waals surface area (Å²) >= 11 is 0. The lowest BCUT2D eigenvalue weighted by Gasteiger charge is -2.15. The van der Waals surface area contributed by atoms with Gasteiger partial charge in [0.15, 0.2) is 11.5 Å². The maximum Gasteiger partial charge on any atom is 0.573 e. The minimum Gasteiger partial charge on any atom is -0.491 e. The summed E-state index contributed by atoms with van der Waals surface area (Å²) in [7, 11) is 1.17. The molecule has 1 rings (SSSR count). The van der Waals surface area contributed by atoms with Crippen LogP contribution in [0.4, 0.5) is 13.2 Å². The Kier molecular flexibility index (Phi) is 4.33. The maximum atomic E-state index is 12.2. The number of methoxy groups -OCH3 is 1. The zero-order chi connectivity index (χ0) is 13.8. The van der Waals surface area contributed by atoms with Crippen LogP contribution in [0.15, 0.2) is 6.07 Å². The highest BCUT2D eigenvalue weighted by Crippen LogP contribution is 2.35. The molecule has 0 aromatic carbocycles. The minimum absolute atomic E-state index is 0.0576. The average Bonchev–Trinajstić information content (AvgIpc) is 2.27. The number of nitrogens with two attached hydrogens (primary N) is 1. The van der Waals surface area contributed by atoms with E-state index in [1.165, 1.54) is 7.11 Å². The Morgan fingerprint density at radius 3 is 2.61 bits per heavy atom. The fourth-order valence-electron chi connectivity index (χ4n) is 1.33. The van der Waals surface area contributed by atoms with Crippen molar-refractivity contribution in [3.8, 4) is 17.6 Å². The molecule has 5 nitrogen and oxygen atoms in total. The van der Waals surface area contributed by atoms with Gasteiger partial charge in [-0.3, -0.25) is 4.98 Å². The number of nitriles is 1. The highest BCUT2D eigenvalue weighted by atomic mass is 19.4. The number of aromatic nitrogens is 1. The Bertz CT molecular complexity index is 469. The molecular weight excluding hydrogens is 251 g/mol. The second kappa shape index (κ2) is 5.55. The van der Waals surface area contributed by atoms with Gasteiger partial charge in [0.25, 0.3) is 0 Å². The van der Waals surface area contributed by atoms with Gasteiger partial charge in [0.1, 0.15) is 5.69 Å². The summed E-state index contributed by atoms with van der Waals surface area (Å²) in [5.74, 6) is -0.767. The zero-order valence-electron chi connectivity index (χ0n) is 9.41. The Labute approximate surface area is 101 Å². The molecule has 0 atom stereocenters. The third kappa shape index (κ3) is 3.49. The van der Waals surface area contributed by atoms with Crippen LogP contribution in [-0.4, -0.2) is 18.5 Å². The van der Waals surface area contributed by atoms with Crippen molar-refractivity contribution >= 4 is 0 Å². The fourth-order valence-corrected chi connectivity index (χ4v) is 1.33. The molecule has 0 aliphatic rings. The smallest absolute Gasteiger partial charge is 0.491 e. The van der Waals surface area contributed by atoms with Crippen molar-refractivity contribution in [2.45, 2.75) is 19.3 Å². The number of hydrogen-bond donors (Lipinski definition) is 1. The molecular formula is C10H10F3N3O2. The number of halogens is 3. The Hall–Kier alpha value is -2.01. The fraction of sp³-hybridized carbons (Fsp3) is 0.400. The number of rotatable bonds is 4. The van der Waals surface area contributed by atoms with Crippen LogP contribution in [0.2, 0.25) is 0 Å². The van der Waals surface area contributed by atoms with Gasteiger partial charge in [0.2, 0.25) is 0 Å². The quantitative estimate of drug-likeness (QED) is 0.888. The van der Waals surface area contributed by atoms with E-state index in [2.05, 4.69) is 9.72 Å². The molecule has 8 heteroatoms. The normalized spacial score (nSPS) is 10.9. The molecule has 0 radical (unpaired) electrons. The van der Waals surface area contributed by atoms with Crippen molar-refractivity contribution in [3.05, 3.63) is 17.5 Å². The van der Waals surface area contributed by atoms with E-state index < -0.39 is 12.1 Å². The van der Waals surface area contributed by atoms with Gasteiger partial charge in [-0.25, -0.2) is 0 Å². The maximum absolute atomic E-state index is 12.2. The Morgan fingerprint density at radius 1 is 1.50 bits per heavy atom. The molecule has 0 saturated carbocycles. The lowest BCUT2D eigenvalue weighted by Crippen LogP contribution is -2.19. The molecule has 0 amide bonds. The first-order valence-corrected chi connectivity index (χ1v) is 4.80. The number of ether oxygens (including phenoxy) is 2. The highest BCUT2D eigenvalue weighted by molar-refractivity contribution is 5.45. The van der Waals surface area contributed by atoms with Gasteiger partial charge < -0.3 is 15.2 Å². The third-order valence-corrected chi connectivity index (χ3v) is 1.95. The van der Waals surface area contributed by atoms with Gasteiger partial charge in [0, 0.05) is 12.6 Å². The monoisotopic (exact) mass is 261 g/mol. The minimum atomic E-state index is -4.86. The second-order valence-corrected chi connectivity index (χ2v) is 3.18. The van der Waals surface area contributed by atoms with Crippen molar-refractivity contribution < 1.29 is 22.6 Å². The summed E-state index contributed by atoms with van der Waals surface area (Å²) in [5.41, 5.74) is 5.55. The van der Waals surface area contributed by atoms with Crippen molar-refractivity contribution in [3.63, 3.8) is 0 Å². The first-order valence-electron chi connectivity index (χ1n) is 4.80. The third-order valence-electron chi connectivity index (χ3n) is 1.95.